The van der Waals surface area contributed by atoms with Gasteiger partial charge in [-0.3, -0.25) is 0 Å². The second-order valence-corrected chi connectivity index (χ2v) is 3.31. The van der Waals surface area contributed by atoms with E-state index in [0.717, 1.165) is 6.42 Å². The summed E-state index contributed by atoms with van der Waals surface area (Å²) in [5.74, 6) is 0.288. The zero-order chi connectivity index (χ0) is 9.56. The number of aliphatic hydroxyl groups excluding tert-OH is 2. The van der Waals surface area contributed by atoms with Gasteiger partial charge in [0.1, 0.15) is 0 Å². The second-order valence-electron chi connectivity index (χ2n) is 3.31. The van der Waals surface area contributed by atoms with Gasteiger partial charge in [0.2, 0.25) is 0 Å². The molecule has 0 aliphatic rings. The minimum absolute atomic E-state index is 0.0220. The highest BCUT2D eigenvalue weighted by Gasteiger charge is 2.16. The Morgan fingerprint density at radius 3 is 2.00 bits per heavy atom. The van der Waals surface area contributed by atoms with Crippen molar-refractivity contribution in [3.8, 4) is 0 Å². The van der Waals surface area contributed by atoms with Gasteiger partial charge >= 0.3 is 0 Å². The van der Waals surface area contributed by atoms with Crippen molar-refractivity contribution in [2.75, 3.05) is 13.2 Å². The highest BCUT2D eigenvalue weighted by molar-refractivity contribution is 4.64. The molecule has 2 unspecified atom stereocenters. The normalized spacial score (nSPS) is 16.5. The van der Waals surface area contributed by atoms with Crippen LogP contribution in [0, 0.1) is 5.92 Å². The van der Waals surface area contributed by atoms with Gasteiger partial charge in [0.25, 0.3) is 0 Å². The van der Waals surface area contributed by atoms with Gasteiger partial charge in [-0.2, -0.15) is 0 Å². The van der Waals surface area contributed by atoms with Crippen LogP contribution in [-0.4, -0.2) is 35.6 Å². The van der Waals surface area contributed by atoms with E-state index >= 15 is 0 Å². The first-order chi connectivity index (χ1) is 5.65. The Labute approximate surface area is 74.4 Å². The summed E-state index contributed by atoms with van der Waals surface area (Å²) in [6, 6.07) is 0. The molecular formula is C9H20O3. The lowest BCUT2D eigenvalue weighted by molar-refractivity contribution is -0.0798. The molecule has 12 heavy (non-hydrogen) atoms. The van der Waals surface area contributed by atoms with Gasteiger partial charge in [-0.05, 0) is 12.3 Å². The van der Waals surface area contributed by atoms with E-state index in [2.05, 4.69) is 0 Å². The standard InChI is InChI=1S/C9H20O3/c1-4-8(5-10)12-9(6-11)7(2)3/h7-11H,4-6H2,1-3H3. The highest BCUT2D eigenvalue weighted by atomic mass is 16.5. The van der Waals surface area contributed by atoms with Crippen molar-refractivity contribution in [1.29, 1.82) is 0 Å². The molecule has 0 amide bonds. The quantitative estimate of drug-likeness (QED) is 0.629. The first-order valence-electron chi connectivity index (χ1n) is 4.52. The van der Waals surface area contributed by atoms with Crippen molar-refractivity contribution in [2.45, 2.75) is 39.4 Å². The van der Waals surface area contributed by atoms with Gasteiger partial charge in [-0.15, -0.1) is 0 Å². The van der Waals surface area contributed by atoms with Gasteiger partial charge in [0.05, 0.1) is 25.4 Å². The van der Waals surface area contributed by atoms with E-state index in [0.29, 0.717) is 0 Å². The van der Waals surface area contributed by atoms with Crippen LogP contribution in [0.3, 0.4) is 0 Å². The number of hydrogen-bond donors (Lipinski definition) is 2. The number of rotatable bonds is 6. The van der Waals surface area contributed by atoms with Crippen LogP contribution in [0.25, 0.3) is 0 Å². The third-order valence-corrected chi connectivity index (χ3v) is 1.95. The Morgan fingerprint density at radius 2 is 1.75 bits per heavy atom. The fourth-order valence-corrected chi connectivity index (χ4v) is 0.927. The van der Waals surface area contributed by atoms with Crippen LogP contribution in [0.15, 0.2) is 0 Å². The molecule has 0 fully saturated rings. The van der Waals surface area contributed by atoms with Crippen LogP contribution in [0.4, 0.5) is 0 Å². The summed E-state index contributed by atoms with van der Waals surface area (Å²) < 4.78 is 5.46. The molecule has 2 atom stereocenters. The lowest BCUT2D eigenvalue weighted by Crippen LogP contribution is -2.31. The molecule has 0 aromatic carbocycles. The Kier molecular flexibility index (Phi) is 6.34. The zero-order valence-electron chi connectivity index (χ0n) is 8.16. The van der Waals surface area contributed by atoms with E-state index in [1.54, 1.807) is 0 Å². The van der Waals surface area contributed by atoms with Crippen molar-refractivity contribution in [2.24, 2.45) is 5.92 Å². The maximum absolute atomic E-state index is 8.93. The van der Waals surface area contributed by atoms with Gasteiger partial charge < -0.3 is 14.9 Å². The lowest BCUT2D eigenvalue weighted by atomic mass is 10.1. The molecule has 0 rings (SSSR count). The van der Waals surface area contributed by atoms with Gasteiger partial charge in [-0.1, -0.05) is 20.8 Å². The molecule has 74 valence electrons. The monoisotopic (exact) mass is 176 g/mol. The molecule has 0 aliphatic carbocycles. The minimum atomic E-state index is -0.151. The highest BCUT2D eigenvalue weighted by Crippen LogP contribution is 2.10. The second kappa shape index (κ2) is 6.40. The molecule has 0 saturated heterocycles. The van der Waals surface area contributed by atoms with Crippen molar-refractivity contribution in [1.82, 2.24) is 0 Å². The lowest BCUT2D eigenvalue weighted by Gasteiger charge is -2.24. The molecule has 0 radical (unpaired) electrons. The Hall–Kier alpha value is -0.120. The first-order valence-corrected chi connectivity index (χ1v) is 4.52. The van der Waals surface area contributed by atoms with Crippen molar-refractivity contribution < 1.29 is 14.9 Å². The zero-order valence-corrected chi connectivity index (χ0v) is 8.16. The summed E-state index contributed by atoms with van der Waals surface area (Å²) >= 11 is 0. The molecule has 0 heterocycles. The molecular weight excluding hydrogens is 156 g/mol. The summed E-state index contributed by atoms with van der Waals surface area (Å²) in [6.07, 6.45) is 0.492. The maximum Gasteiger partial charge on any atom is 0.0833 e. The van der Waals surface area contributed by atoms with Gasteiger partial charge in [0.15, 0.2) is 0 Å². The largest absolute Gasteiger partial charge is 0.394 e. The van der Waals surface area contributed by atoms with Gasteiger partial charge in [-0.25, -0.2) is 0 Å². The summed E-state index contributed by atoms with van der Waals surface area (Å²) in [7, 11) is 0. The van der Waals surface area contributed by atoms with Crippen LogP contribution in [0.5, 0.6) is 0 Å². The molecule has 3 heteroatoms. The fraction of sp³-hybridized carbons (Fsp3) is 1.00. The van der Waals surface area contributed by atoms with E-state index in [1.165, 1.54) is 0 Å². The van der Waals surface area contributed by atoms with E-state index in [1.807, 2.05) is 20.8 Å². The van der Waals surface area contributed by atoms with Crippen molar-refractivity contribution in [3.63, 3.8) is 0 Å². The van der Waals surface area contributed by atoms with E-state index in [9.17, 15) is 0 Å². The minimum Gasteiger partial charge on any atom is -0.394 e. The predicted molar refractivity (Wildman–Crippen MR) is 48.0 cm³/mol. The molecule has 0 saturated carbocycles. The SMILES string of the molecule is CCC(CO)OC(CO)C(C)C. The van der Waals surface area contributed by atoms with Crippen molar-refractivity contribution in [3.05, 3.63) is 0 Å². The number of hydrogen-bond acceptors (Lipinski definition) is 3. The van der Waals surface area contributed by atoms with Gasteiger partial charge in [0, 0.05) is 0 Å². The number of aliphatic hydroxyl groups is 2. The number of ether oxygens (including phenoxy) is 1. The van der Waals surface area contributed by atoms with E-state index in [4.69, 9.17) is 14.9 Å². The van der Waals surface area contributed by atoms with E-state index < -0.39 is 0 Å². The van der Waals surface area contributed by atoms with E-state index in [-0.39, 0.29) is 31.3 Å². The molecule has 0 aliphatic heterocycles. The summed E-state index contributed by atoms with van der Waals surface area (Å²) in [5.41, 5.74) is 0. The van der Waals surface area contributed by atoms with Crippen LogP contribution < -0.4 is 0 Å². The Morgan fingerprint density at radius 1 is 1.17 bits per heavy atom. The third-order valence-electron chi connectivity index (χ3n) is 1.95. The first kappa shape index (κ1) is 11.9. The molecule has 3 nitrogen and oxygen atoms in total. The van der Waals surface area contributed by atoms with Crippen LogP contribution >= 0.6 is 0 Å². The van der Waals surface area contributed by atoms with Crippen LogP contribution in [0.2, 0.25) is 0 Å². The molecule has 0 aromatic rings. The third kappa shape index (κ3) is 4.04. The summed E-state index contributed by atoms with van der Waals surface area (Å²) in [4.78, 5) is 0. The Bertz CT molecular complexity index is 99.9. The maximum atomic E-state index is 8.93. The molecule has 0 spiro atoms. The summed E-state index contributed by atoms with van der Waals surface area (Å²) in [5, 5.41) is 17.8. The predicted octanol–water partition coefficient (Wildman–Crippen LogP) is 0.791. The van der Waals surface area contributed by atoms with Crippen LogP contribution in [-0.2, 0) is 4.74 Å². The Balaban J connectivity index is 3.82. The van der Waals surface area contributed by atoms with Crippen molar-refractivity contribution >= 4 is 0 Å². The summed E-state index contributed by atoms with van der Waals surface area (Å²) in [6.45, 7) is 5.99. The smallest absolute Gasteiger partial charge is 0.0833 e. The average molecular weight is 176 g/mol. The van der Waals surface area contributed by atoms with Crippen LogP contribution in [0.1, 0.15) is 27.2 Å². The molecule has 0 bridgehead atoms. The molecule has 0 aromatic heterocycles. The average Bonchev–Trinajstić information content (AvgIpc) is 2.06. The fourth-order valence-electron chi connectivity index (χ4n) is 0.927. The molecule has 2 N–H and O–H groups in total. The topological polar surface area (TPSA) is 49.7 Å².